The Labute approximate surface area is 159 Å². The minimum Gasteiger partial charge on any atom is -0.494 e. The molecule has 1 heterocycles. The molecule has 3 atom stereocenters. The number of hydrogen-bond donors (Lipinski definition) is 1. The number of ether oxygens (including phenoxy) is 1. The van der Waals surface area contributed by atoms with Crippen molar-refractivity contribution in [1.82, 2.24) is 15.3 Å². The summed E-state index contributed by atoms with van der Waals surface area (Å²) in [6.45, 7) is 2.05. The Kier molecular flexibility index (Phi) is 5.76. The first-order chi connectivity index (χ1) is 12.8. The number of aromatic nitrogens is 2. The molecule has 0 saturated heterocycles. The van der Waals surface area contributed by atoms with Gasteiger partial charge < -0.3 is 10.1 Å². The number of methoxy groups -OCH3 is 1. The summed E-state index contributed by atoms with van der Waals surface area (Å²) in [4.78, 5) is 7.97. The van der Waals surface area contributed by atoms with E-state index in [0.29, 0.717) is 12.0 Å². The van der Waals surface area contributed by atoms with Gasteiger partial charge in [0.05, 0.1) is 7.11 Å². The van der Waals surface area contributed by atoms with Crippen molar-refractivity contribution in [2.45, 2.75) is 49.3 Å². The summed E-state index contributed by atoms with van der Waals surface area (Å²) < 4.78 is 41.6. The van der Waals surface area contributed by atoms with Crippen LogP contribution in [0.25, 0.3) is 0 Å². The lowest BCUT2D eigenvalue weighted by molar-refractivity contribution is 0.384. The Morgan fingerprint density at radius 3 is 2.59 bits per heavy atom. The minimum atomic E-state index is -3.38. The van der Waals surface area contributed by atoms with Gasteiger partial charge in [-0.3, -0.25) is 0 Å². The molecule has 1 fully saturated rings. The van der Waals surface area contributed by atoms with Crippen LogP contribution in [0.3, 0.4) is 0 Å². The van der Waals surface area contributed by atoms with Crippen molar-refractivity contribution in [3.8, 4) is 5.75 Å². The second kappa shape index (κ2) is 7.90. The predicted molar refractivity (Wildman–Crippen MR) is 100 cm³/mol. The molecule has 1 aliphatic carbocycles. The first-order valence-electron chi connectivity index (χ1n) is 8.89. The highest BCUT2D eigenvalue weighted by molar-refractivity contribution is 7.90. The van der Waals surface area contributed by atoms with E-state index in [1.165, 1.54) is 13.2 Å². The second-order valence-electron chi connectivity index (χ2n) is 7.06. The van der Waals surface area contributed by atoms with Crippen LogP contribution >= 0.6 is 0 Å². The summed E-state index contributed by atoms with van der Waals surface area (Å²) in [7, 11) is -1.92. The summed E-state index contributed by atoms with van der Waals surface area (Å²) in [5, 5.41) is 3.45. The molecule has 1 aliphatic rings. The molecule has 2 unspecified atom stereocenters. The normalized spacial score (nSPS) is 21.2. The van der Waals surface area contributed by atoms with Gasteiger partial charge in [0.25, 0.3) is 0 Å². The molecule has 1 N–H and O–H groups in total. The van der Waals surface area contributed by atoms with Crippen LogP contribution in [0.1, 0.15) is 49.3 Å². The Balaban J connectivity index is 1.62. The lowest BCUT2D eigenvalue weighted by atomic mass is 10.0. The average Bonchev–Trinajstić information content (AvgIpc) is 3.10. The molecule has 1 saturated carbocycles. The van der Waals surface area contributed by atoms with Crippen molar-refractivity contribution in [3.05, 3.63) is 47.5 Å². The van der Waals surface area contributed by atoms with Crippen molar-refractivity contribution < 1.29 is 17.5 Å². The van der Waals surface area contributed by atoms with E-state index in [1.807, 2.05) is 6.92 Å². The molecule has 0 radical (unpaired) electrons. The molecule has 27 heavy (non-hydrogen) atoms. The molecule has 1 aromatic carbocycles. The molecule has 6 nitrogen and oxygen atoms in total. The summed E-state index contributed by atoms with van der Waals surface area (Å²) in [5.74, 6) is 0.173. The third-order valence-electron chi connectivity index (χ3n) is 5.04. The molecular formula is C19H24FN3O3S. The number of benzene rings is 1. The maximum absolute atomic E-state index is 13.6. The van der Waals surface area contributed by atoms with Crippen molar-refractivity contribution in [2.75, 3.05) is 13.4 Å². The SMILES string of the molecule is COc1cc([C@@H](C)NC2CCC(c3cnc(S(C)(=O)=O)nc3)C2)ccc1F. The van der Waals surface area contributed by atoms with E-state index in [9.17, 15) is 12.8 Å². The lowest BCUT2D eigenvalue weighted by Crippen LogP contribution is -2.29. The first-order valence-corrected chi connectivity index (χ1v) is 10.8. The fourth-order valence-electron chi connectivity index (χ4n) is 3.56. The van der Waals surface area contributed by atoms with Crippen molar-refractivity contribution in [2.24, 2.45) is 0 Å². The van der Waals surface area contributed by atoms with Crippen LogP contribution in [-0.2, 0) is 9.84 Å². The summed E-state index contributed by atoms with van der Waals surface area (Å²) >= 11 is 0. The van der Waals surface area contributed by atoms with E-state index in [1.54, 1.807) is 24.5 Å². The Morgan fingerprint density at radius 2 is 1.96 bits per heavy atom. The van der Waals surface area contributed by atoms with Gasteiger partial charge in [0.1, 0.15) is 0 Å². The van der Waals surface area contributed by atoms with Gasteiger partial charge in [0.2, 0.25) is 15.0 Å². The van der Waals surface area contributed by atoms with Crippen LogP contribution in [0.5, 0.6) is 5.75 Å². The zero-order valence-electron chi connectivity index (χ0n) is 15.6. The molecule has 2 aromatic rings. The van der Waals surface area contributed by atoms with E-state index in [0.717, 1.165) is 36.6 Å². The number of nitrogens with one attached hydrogen (secondary N) is 1. The van der Waals surface area contributed by atoms with Crippen molar-refractivity contribution in [1.29, 1.82) is 0 Å². The lowest BCUT2D eigenvalue weighted by Gasteiger charge is -2.20. The minimum absolute atomic E-state index is 0.0621. The molecule has 3 rings (SSSR count). The van der Waals surface area contributed by atoms with E-state index < -0.39 is 9.84 Å². The molecule has 0 aliphatic heterocycles. The smallest absolute Gasteiger partial charge is 0.246 e. The van der Waals surface area contributed by atoms with Gasteiger partial charge in [-0.15, -0.1) is 0 Å². The van der Waals surface area contributed by atoms with E-state index in [2.05, 4.69) is 15.3 Å². The average molecular weight is 393 g/mol. The predicted octanol–water partition coefficient (Wildman–Crippen LogP) is 3.01. The quantitative estimate of drug-likeness (QED) is 0.760. The third-order valence-corrected chi connectivity index (χ3v) is 5.92. The Hall–Kier alpha value is -2.06. The highest BCUT2D eigenvalue weighted by Gasteiger charge is 2.28. The van der Waals surface area contributed by atoms with E-state index >= 15 is 0 Å². The third kappa shape index (κ3) is 4.62. The highest BCUT2D eigenvalue weighted by atomic mass is 32.2. The van der Waals surface area contributed by atoms with Gasteiger partial charge >= 0.3 is 0 Å². The van der Waals surface area contributed by atoms with Crippen LogP contribution in [0.15, 0.2) is 35.7 Å². The number of nitrogens with zero attached hydrogens (tertiary/aromatic N) is 2. The summed E-state index contributed by atoms with van der Waals surface area (Å²) in [6.07, 6.45) is 7.24. The van der Waals surface area contributed by atoms with Gasteiger partial charge in [-0.05, 0) is 55.4 Å². The number of hydrogen-bond acceptors (Lipinski definition) is 6. The van der Waals surface area contributed by atoms with Crippen LogP contribution < -0.4 is 10.1 Å². The molecule has 1 aromatic heterocycles. The Morgan fingerprint density at radius 1 is 1.26 bits per heavy atom. The molecular weight excluding hydrogens is 369 g/mol. The largest absolute Gasteiger partial charge is 0.494 e. The van der Waals surface area contributed by atoms with Crippen molar-refractivity contribution in [3.63, 3.8) is 0 Å². The topological polar surface area (TPSA) is 81.2 Å². The Bertz CT molecular complexity index is 903. The van der Waals surface area contributed by atoms with E-state index in [-0.39, 0.29) is 22.8 Å². The maximum atomic E-state index is 13.6. The maximum Gasteiger partial charge on any atom is 0.246 e. The van der Waals surface area contributed by atoms with Gasteiger partial charge in [-0.25, -0.2) is 22.8 Å². The standard InChI is InChI=1S/C19H24FN3O3S/c1-12(13-5-7-17(20)18(9-13)26-2)23-16-6-4-14(8-16)15-10-21-19(22-11-15)27(3,24)25/h5,7,9-12,14,16,23H,4,6,8H2,1-3H3/t12-,14?,16?/m1/s1. The van der Waals surface area contributed by atoms with Gasteiger partial charge in [0, 0.05) is 30.7 Å². The number of rotatable bonds is 6. The van der Waals surface area contributed by atoms with Crippen LogP contribution in [0.2, 0.25) is 0 Å². The van der Waals surface area contributed by atoms with Crippen molar-refractivity contribution >= 4 is 9.84 Å². The number of sulfone groups is 1. The molecule has 0 amide bonds. The van der Waals surface area contributed by atoms with Crippen LogP contribution in [-0.4, -0.2) is 37.8 Å². The van der Waals surface area contributed by atoms with Crippen LogP contribution in [0.4, 0.5) is 4.39 Å². The highest BCUT2D eigenvalue weighted by Crippen LogP contribution is 2.35. The monoisotopic (exact) mass is 393 g/mol. The number of halogens is 1. The molecule has 146 valence electrons. The zero-order chi connectivity index (χ0) is 19.6. The second-order valence-corrected chi connectivity index (χ2v) is 8.97. The summed E-state index contributed by atoms with van der Waals surface area (Å²) in [5.41, 5.74) is 1.93. The van der Waals surface area contributed by atoms with Crippen LogP contribution in [0, 0.1) is 5.82 Å². The van der Waals surface area contributed by atoms with Gasteiger partial charge in [0.15, 0.2) is 11.6 Å². The molecule has 8 heteroatoms. The fraction of sp³-hybridized carbons (Fsp3) is 0.474. The van der Waals surface area contributed by atoms with Gasteiger partial charge in [-0.1, -0.05) is 6.07 Å². The fourth-order valence-corrected chi connectivity index (χ4v) is 4.05. The molecule has 0 bridgehead atoms. The zero-order valence-corrected chi connectivity index (χ0v) is 16.5. The van der Waals surface area contributed by atoms with E-state index in [4.69, 9.17) is 4.74 Å². The van der Waals surface area contributed by atoms with Gasteiger partial charge in [-0.2, -0.15) is 0 Å². The first kappa shape index (κ1) is 19.7. The molecule has 0 spiro atoms. The summed E-state index contributed by atoms with van der Waals surface area (Å²) in [6, 6.07) is 5.28.